The number of aromatic nitrogens is 2. The summed E-state index contributed by atoms with van der Waals surface area (Å²) in [6.07, 6.45) is -0.583. The molecular formula is C20H27N3O6. The number of methoxy groups -OCH3 is 1. The van der Waals surface area contributed by atoms with Crippen molar-refractivity contribution >= 4 is 12.1 Å². The molecule has 0 aliphatic carbocycles. The Balaban J connectivity index is 2.05. The van der Waals surface area contributed by atoms with Crippen LogP contribution in [0.4, 0.5) is 4.79 Å². The molecular weight excluding hydrogens is 378 g/mol. The predicted molar refractivity (Wildman–Crippen MR) is 104 cm³/mol. The molecule has 0 spiro atoms. The van der Waals surface area contributed by atoms with Gasteiger partial charge in [0.2, 0.25) is 0 Å². The third kappa shape index (κ3) is 6.20. The van der Waals surface area contributed by atoms with E-state index in [1.165, 1.54) is 7.11 Å². The van der Waals surface area contributed by atoms with Gasteiger partial charge in [-0.25, -0.2) is 9.59 Å². The quantitative estimate of drug-likeness (QED) is 0.727. The molecule has 1 heterocycles. The largest absolute Gasteiger partial charge is 0.483 e. The van der Waals surface area contributed by atoms with E-state index in [1.54, 1.807) is 52.8 Å². The molecule has 2 rings (SSSR count). The Morgan fingerprint density at radius 2 is 1.86 bits per heavy atom. The Labute approximate surface area is 169 Å². The van der Waals surface area contributed by atoms with Gasteiger partial charge in [0.25, 0.3) is 5.89 Å². The highest BCUT2D eigenvalue weighted by Gasteiger charge is 2.31. The zero-order valence-electron chi connectivity index (χ0n) is 17.8. The standard InChI is InChI=1S/C20H27N3O6/c1-12-8-9-13(16(24)26-7)10-14(12)27-11-15-21-17(23-29-15)20(5,6)22-18(25)28-19(2,3)4/h8-10H,11H2,1-7H3,(H,22,25). The molecule has 158 valence electrons. The topological polar surface area (TPSA) is 113 Å². The van der Waals surface area contributed by atoms with Crippen LogP contribution in [-0.2, 0) is 21.6 Å². The Morgan fingerprint density at radius 1 is 1.17 bits per heavy atom. The van der Waals surface area contributed by atoms with Crippen molar-refractivity contribution in [1.29, 1.82) is 0 Å². The second-order valence-electron chi connectivity index (χ2n) is 8.02. The van der Waals surface area contributed by atoms with E-state index in [0.717, 1.165) is 5.56 Å². The van der Waals surface area contributed by atoms with Gasteiger partial charge in [0.15, 0.2) is 12.4 Å². The average Bonchev–Trinajstić information content (AvgIpc) is 3.08. The maximum absolute atomic E-state index is 12.0. The van der Waals surface area contributed by atoms with E-state index in [1.807, 2.05) is 6.92 Å². The summed E-state index contributed by atoms with van der Waals surface area (Å²) in [4.78, 5) is 28.0. The van der Waals surface area contributed by atoms with Crippen LogP contribution in [-0.4, -0.2) is 34.9 Å². The fraction of sp³-hybridized carbons (Fsp3) is 0.500. The summed E-state index contributed by atoms with van der Waals surface area (Å²) in [5.41, 5.74) is -0.316. The SMILES string of the molecule is COC(=O)c1ccc(C)c(OCc2nc(C(C)(C)NC(=O)OC(C)(C)C)no2)c1. The monoisotopic (exact) mass is 405 g/mol. The first-order chi connectivity index (χ1) is 13.4. The number of ether oxygens (including phenoxy) is 3. The Morgan fingerprint density at radius 3 is 2.48 bits per heavy atom. The van der Waals surface area contributed by atoms with E-state index in [4.69, 9.17) is 18.7 Å². The molecule has 0 radical (unpaired) electrons. The lowest BCUT2D eigenvalue weighted by atomic mass is 10.1. The van der Waals surface area contributed by atoms with Crippen LogP contribution in [0, 0.1) is 6.92 Å². The van der Waals surface area contributed by atoms with Gasteiger partial charge in [-0.15, -0.1) is 0 Å². The number of hydrogen-bond donors (Lipinski definition) is 1. The lowest BCUT2D eigenvalue weighted by molar-refractivity contribution is 0.0464. The van der Waals surface area contributed by atoms with Crippen LogP contribution >= 0.6 is 0 Å². The number of rotatable bonds is 6. The van der Waals surface area contributed by atoms with Gasteiger partial charge >= 0.3 is 12.1 Å². The summed E-state index contributed by atoms with van der Waals surface area (Å²) in [6.45, 7) is 10.7. The van der Waals surface area contributed by atoms with E-state index in [0.29, 0.717) is 11.3 Å². The molecule has 1 aromatic carbocycles. The number of nitrogens with zero attached hydrogens (tertiary/aromatic N) is 2. The van der Waals surface area contributed by atoms with E-state index in [-0.39, 0.29) is 18.3 Å². The molecule has 0 saturated heterocycles. The minimum absolute atomic E-state index is 0.000976. The molecule has 0 aliphatic heterocycles. The van der Waals surface area contributed by atoms with Crippen LogP contribution in [0.1, 0.15) is 62.3 Å². The molecule has 0 saturated carbocycles. The molecule has 0 unspecified atom stereocenters. The van der Waals surface area contributed by atoms with Crippen LogP contribution in [0.5, 0.6) is 5.75 Å². The molecule has 0 bridgehead atoms. The minimum atomic E-state index is -0.912. The lowest BCUT2D eigenvalue weighted by Gasteiger charge is -2.26. The highest BCUT2D eigenvalue weighted by molar-refractivity contribution is 5.89. The molecule has 1 N–H and O–H groups in total. The van der Waals surface area contributed by atoms with E-state index < -0.39 is 23.2 Å². The van der Waals surface area contributed by atoms with E-state index in [2.05, 4.69) is 15.5 Å². The summed E-state index contributed by atoms with van der Waals surface area (Å²) < 4.78 is 20.9. The van der Waals surface area contributed by atoms with Gasteiger partial charge in [-0.1, -0.05) is 11.2 Å². The van der Waals surface area contributed by atoms with Crippen molar-refractivity contribution in [1.82, 2.24) is 15.5 Å². The fourth-order valence-corrected chi connectivity index (χ4v) is 2.32. The van der Waals surface area contributed by atoms with Gasteiger partial charge < -0.3 is 24.1 Å². The van der Waals surface area contributed by atoms with Crippen LogP contribution in [0.2, 0.25) is 0 Å². The number of hydrogen-bond acceptors (Lipinski definition) is 8. The number of carbonyl (C=O) groups excluding carboxylic acids is 2. The van der Waals surface area contributed by atoms with Crippen LogP contribution in [0.3, 0.4) is 0 Å². The molecule has 1 aromatic heterocycles. The van der Waals surface area contributed by atoms with Crippen molar-refractivity contribution < 1.29 is 28.3 Å². The van der Waals surface area contributed by atoms with E-state index in [9.17, 15) is 9.59 Å². The maximum Gasteiger partial charge on any atom is 0.408 e. The summed E-state index contributed by atoms with van der Waals surface area (Å²) in [5, 5.41) is 6.63. The third-order valence-electron chi connectivity index (χ3n) is 3.80. The summed E-state index contributed by atoms with van der Waals surface area (Å²) in [6, 6.07) is 5.00. The number of benzene rings is 1. The van der Waals surface area contributed by atoms with Gasteiger partial charge in [-0.3, -0.25) is 0 Å². The van der Waals surface area contributed by atoms with Crippen molar-refractivity contribution in [3.63, 3.8) is 0 Å². The Kier molecular flexibility index (Phi) is 6.51. The smallest absolute Gasteiger partial charge is 0.408 e. The molecule has 1 amide bonds. The van der Waals surface area contributed by atoms with Gasteiger partial charge in [-0.05, 0) is 59.2 Å². The first kappa shape index (κ1) is 22.2. The molecule has 9 nitrogen and oxygen atoms in total. The molecule has 0 aliphatic rings. The van der Waals surface area contributed by atoms with Gasteiger partial charge in [0, 0.05) is 0 Å². The zero-order valence-corrected chi connectivity index (χ0v) is 17.8. The molecule has 0 fully saturated rings. The summed E-state index contributed by atoms with van der Waals surface area (Å²) in [5.74, 6) is 0.549. The first-order valence-electron chi connectivity index (χ1n) is 9.07. The number of aryl methyl sites for hydroxylation is 1. The van der Waals surface area contributed by atoms with Crippen LogP contribution in [0.25, 0.3) is 0 Å². The van der Waals surface area contributed by atoms with Crippen molar-refractivity contribution in [2.75, 3.05) is 7.11 Å². The molecule has 29 heavy (non-hydrogen) atoms. The highest BCUT2D eigenvalue weighted by Crippen LogP contribution is 2.22. The zero-order chi connectivity index (χ0) is 21.8. The molecule has 2 aromatic rings. The third-order valence-corrected chi connectivity index (χ3v) is 3.80. The van der Waals surface area contributed by atoms with Crippen molar-refractivity contribution in [2.45, 2.75) is 59.3 Å². The number of carbonyl (C=O) groups is 2. The van der Waals surface area contributed by atoms with Crippen molar-refractivity contribution in [2.24, 2.45) is 0 Å². The van der Waals surface area contributed by atoms with Gasteiger partial charge in [0.05, 0.1) is 12.7 Å². The first-order valence-corrected chi connectivity index (χ1v) is 9.07. The second-order valence-corrected chi connectivity index (χ2v) is 8.02. The van der Waals surface area contributed by atoms with Crippen LogP contribution < -0.4 is 10.1 Å². The van der Waals surface area contributed by atoms with Crippen LogP contribution in [0.15, 0.2) is 22.7 Å². The van der Waals surface area contributed by atoms with Gasteiger partial charge in [-0.2, -0.15) is 4.98 Å². The fourth-order valence-electron chi connectivity index (χ4n) is 2.32. The lowest BCUT2D eigenvalue weighted by Crippen LogP contribution is -2.44. The second kappa shape index (κ2) is 8.50. The molecule has 9 heteroatoms. The summed E-state index contributed by atoms with van der Waals surface area (Å²) >= 11 is 0. The molecule has 0 atom stereocenters. The Hall–Kier alpha value is -3.10. The number of alkyl carbamates (subject to hydrolysis) is 1. The predicted octanol–water partition coefficient (Wildman–Crippen LogP) is 3.50. The number of amides is 1. The van der Waals surface area contributed by atoms with Gasteiger partial charge in [0.1, 0.15) is 16.9 Å². The van der Waals surface area contributed by atoms with Crippen molar-refractivity contribution in [3.8, 4) is 5.75 Å². The van der Waals surface area contributed by atoms with E-state index >= 15 is 0 Å². The maximum atomic E-state index is 12.0. The number of nitrogens with one attached hydrogen (secondary N) is 1. The summed E-state index contributed by atoms with van der Waals surface area (Å²) in [7, 11) is 1.32. The average molecular weight is 405 g/mol. The number of esters is 1. The Bertz CT molecular complexity index is 883. The minimum Gasteiger partial charge on any atom is -0.483 e. The normalized spacial score (nSPS) is 11.7. The van der Waals surface area contributed by atoms with Crippen molar-refractivity contribution in [3.05, 3.63) is 41.0 Å². The highest BCUT2D eigenvalue weighted by atomic mass is 16.6.